The van der Waals surface area contributed by atoms with E-state index in [-0.39, 0.29) is 0 Å². The molecule has 0 spiro atoms. The van der Waals surface area contributed by atoms with Crippen LogP contribution in [-0.2, 0) is 18.3 Å². The smallest absolute Gasteiger partial charge is 0.191 e. The Morgan fingerprint density at radius 3 is 2.83 bits per heavy atom. The Kier molecular flexibility index (Phi) is 6.87. The molecule has 0 bridgehead atoms. The number of unbranched alkanes of at least 4 members (excludes halogenated alkanes) is 1. The van der Waals surface area contributed by atoms with Crippen molar-refractivity contribution in [1.82, 2.24) is 20.2 Å². The molecular formula is C17H27N5O. The van der Waals surface area contributed by atoms with E-state index >= 15 is 0 Å². The fourth-order valence-corrected chi connectivity index (χ4v) is 2.42. The summed E-state index contributed by atoms with van der Waals surface area (Å²) in [6.45, 7) is 5.16. The normalized spacial score (nSPS) is 11.9. The van der Waals surface area contributed by atoms with E-state index in [0.717, 1.165) is 55.4 Å². The minimum Gasteiger partial charge on any atom is -0.382 e. The number of ether oxygens (including phenoxy) is 1. The Labute approximate surface area is 138 Å². The number of nitrogens with zero attached hydrogens (tertiary/aromatic N) is 3. The summed E-state index contributed by atoms with van der Waals surface area (Å²) in [5.74, 6) is 1.79. The van der Waals surface area contributed by atoms with Crippen LogP contribution in [0.1, 0.15) is 25.6 Å². The highest BCUT2D eigenvalue weighted by Gasteiger charge is 2.07. The Morgan fingerprint density at radius 2 is 2.09 bits per heavy atom. The highest BCUT2D eigenvalue weighted by Crippen LogP contribution is 2.13. The predicted molar refractivity (Wildman–Crippen MR) is 94.6 cm³/mol. The van der Waals surface area contributed by atoms with E-state index in [1.165, 1.54) is 0 Å². The van der Waals surface area contributed by atoms with Gasteiger partial charge in [-0.2, -0.15) is 0 Å². The number of hydrogen-bond donors (Lipinski definition) is 2. The third kappa shape index (κ3) is 4.96. The molecule has 1 heterocycles. The van der Waals surface area contributed by atoms with Crippen molar-refractivity contribution in [2.24, 2.45) is 12.0 Å². The molecule has 2 N–H and O–H groups in total. The number of imidazole rings is 1. The Bertz CT molecular complexity index is 635. The lowest BCUT2D eigenvalue weighted by Gasteiger charge is -2.11. The molecule has 126 valence electrons. The third-order valence-corrected chi connectivity index (χ3v) is 3.73. The molecule has 0 fully saturated rings. The first-order valence-corrected chi connectivity index (χ1v) is 8.18. The zero-order valence-corrected chi connectivity index (χ0v) is 14.3. The topological polar surface area (TPSA) is 63.5 Å². The van der Waals surface area contributed by atoms with Crippen LogP contribution in [0.2, 0.25) is 0 Å². The minimum absolute atomic E-state index is 0.643. The van der Waals surface area contributed by atoms with Crippen molar-refractivity contribution in [3.05, 3.63) is 30.1 Å². The van der Waals surface area contributed by atoms with E-state index in [1.54, 1.807) is 7.05 Å². The number of guanidine groups is 1. The molecule has 6 heteroatoms. The van der Waals surface area contributed by atoms with Gasteiger partial charge in [-0.25, -0.2) is 4.98 Å². The van der Waals surface area contributed by atoms with Crippen molar-refractivity contribution in [3.63, 3.8) is 0 Å². The van der Waals surface area contributed by atoms with Gasteiger partial charge in [-0.3, -0.25) is 4.99 Å². The van der Waals surface area contributed by atoms with E-state index < -0.39 is 0 Å². The maximum atomic E-state index is 5.33. The standard InChI is InChI=1S/C17H27N5O/c1-4-23-12-8-7-11-19-17(18-2)20-13-16-21-14-9-5-6-10-15(14)22(16)3/h5-6,9-10H,4,7-8,11-13H2,1-3H3,(H2,18,19,20). The molecule has 2 rings (SSSR count). The molecule has 0 saturated heterocycles. The van der Waals surface area contributed by atoms with Crippen LogP contribution in [-0.4, -0.2) is 42.3 Å². The molecular weight excluding hydrogens is 290 g/mol. The first-order chi connectivity index (χ1) is 11.3. The zero-order chi connectivity index (χ0) is 16.5. The lowest BCUT2D eigenvalue weighted by molar-refractivity contribution is 0.143. The Balaban J connectivity index is 1.79. The van der Waals surface area contributed by atoms with Gasteiger partial charge >= 0.3 is 0 Å². The molecule has 0 aliphatic rings. The SMILES string of the molecule is CCOCCCCNC(=NC)NCc1nc2ccccc2n1C. The molecule has 1 aromatic carbocycles. The highest BCUT2D eigenvalue weighted by molar-refractivity contribution is 5.80. The predicted octanol–water partition coefficient (Wildman–Crippen LogP) is 2.05. The van der Waals surface area contributed by atoms with Gasteiger partial charge in [0.15, 0.2) is 5.96 Å². The van der Waals surface area contributed by atoms with Gasteiger partial charge < -0.3 is 19.9 Å². The van der Waals surface area contributed by atoms with Gasteiger partial charge in [0.1, 0.15) is 5.82 Å². The lowest BCUT2D eigenvalue weighted by atomic mass is 10.3. The average molecular weight is 317 g/mol. The molecule has 2 aromatic rings. The van der Waals surface area contributed by atoms with E-state index in [0.29, 0.717) is 6.54 Å². The number of benzene rings is 1. The van der Waals surface area contributed by atoms with E-state index in [2.05, 4.69) is 31.2 Å². The van der Waals surface area contributed by atoms with Crippen LogP contribution in [0.4, 0.5) is 0 Å². The molecule has 1 aromatic heterocycles. The fourth-order valence-electron chi connectivity index (χ4n) is 2.42. The molecule has 0 unspecified atom stereocenters. The summed E-state index contributed by atoms with van der Waals surface area (Å²) >= 11 is 0. The van der Waals surface area contributed by atoms with Crippen molar-refractivity contribution < 1.29 is 4.74 Å². The molecule has 0 saturated carbocycles. The monoisotopic (exact) mass is 317 g/mol. The van der Waals surface area contributed by atoms with E-state index in [9.17, 15) is 0 Å². The number of rotatable bonds is 8. The van der Waals surface area contributed by atoms with Crippen molar-refractivity contribution in [2.75, 3.05) is 26.8 Å². The van der Waals surface area contributed by atoms with Gasteiger partial charge in [0.25, 0.3) is 0 Å². The summed E-state index contributed by atoms with van der Waals surface area (Å²) < 4.78 is 7.44. The van der Waals surface area contributed by atoms with Crippen LogP contribution in [0.25, 0.3) is 11.0 Å². The molecule has 6 nitrogen and oxygen atoms in total. The number of para-hydroxylation sites is 2. The summed E-state index contributed by atoms with van der Waals surface area (Å²) in [7, 11) is 3.82. The second-order valence-electron chi connectivity index (χ2n) is 5.33. The number of nitrogens with one attached hydrogen (secondary N) is 2. The number of fused-ring (bicyclic) bond motifs is 1. The maximum Gasteiger partial charge on any atom is 0.191 e. The number of hydrogen-bond acceptors (Lipinski definition) is 3. The van der Waals surface area contributed by atoms with Gasteiger partial charge in [-0.15, -0.1) is 0 Å². The van der Waals surface area contributed by atoms with Crippen LogP contribution >= 0.6 is 0 Å². The van der Waals surface area contributed by atoms with Crippen LogP contribution in [0.15, 0.2) is 29.3 Å². The minimum atomic E-state index is 0.643. The Morgan fingerprint density at radius 1 is 1.26 bits per heavy atom. The molecule has 0 aliphatic carbocycles. The van der Waals surface area contributed by atoms with Crippen molar-refractivity contribution >= 4 is 17.0 Å². The average Bonchev–Trinajstić information content (AvgIpc) is 2.90. The number of aliphatic imine (C=N–C) groups is 1. The summed E-state index contributed by atoms with van der Waals surface area (Å²) in [4.78, 5) is 8.90. The van der Waals surface area contributed by atoms with Gasteiger partial charge in [0.05, 0.1) is 17.6 Å². The number of aryl methyl sites for hydroxylation is 1. The first kappa shape index (κ1) is 17.3. The number of aromatic nitrogens is 2. The largest absolute Gasteiger partial charge is 0.382 e. The van der Waals surface area contributed by atoms with Crippen molar-refractivity contribution in [1.29, 1.82) is 0 Å². The Hall–Kier alpha value is -2.08. The molecule has 23 heavy (non-hydrogen) atoms. The summed E-state index contributed by atoms with van der Waals surface area (Å²) in [6.07, 6.45) is 2.12. The quantitative estimate of drug-likeness (QED) is 0.444. The summed E-state index contributed by atoms with van der Waals surface area (Å²) in [5, 5.41) is 6.63. The highest BCUT2D eigenvalue weighted by atomic mass is 16.5. The first-order valence-electron chi connectivity index (χ1n) is 8.18. The van der Waals surface area contributed by atoms with Crippen LogP contribution in [0, 0.1) is 0 Å². The molecule has 0 amide bonds. The summed E-state index contributed by atoms with van der Waals surface area (Å²) in [6, 6.07) is 8.15. The molecule has 0 radical (unpaired) electrons. The van der Waals surface area contributed by atoms with Crippen LogP contribution in [0.3, 0.4) is 0 Å². The van der Waals surface area contributed by atoms with Crippen molar-refractivity contribution in [3.8, 4) is 0 Å². The van der Waals surface area contributed by atoms with Gasteiger partial charge in [-0.1, -0.05) is 12.1 Å². The molecule has 0 aliphatic heterocycles. The second kappa shape index (κ2) is 9.15. The van der Waals surface area contributed by atoms with Gasteiger partial charge in [0.2, 0.25) is 0 Å². The zero-order valence-electron chi connectivity index (χ0n) is 14.3. The van der Waals surface area contributed by atoms with E-state index in [1.807, 2.05) is 32.2 Å². The second-order valence-corrected chi connectivity index (χ2v) is 5.33. The van der Waals surface area contributed by atoms with Gasteiger partial charge in [0, 0.05) is 33.9 Å². The lowest BCUT2D eigenvalue weighted by Crippen LogP contribution is -2.37. The van der Waals surface area contributed by atoms with Crippen molar-refractivity contribution in [2.45, 2.75) is 26.3 Å². The summed E-state index contributed by atoms with van der Waals surface area (Å²) in [5.41, 5.74) is 2.16. The third-order valence-electron chi connectivity index (χ3n) is 3.73. The molecule has 0 atom stereocenters. The van der Waals surface area contributed by atoms with Gasteiger partial charge in [-0.05, 0) is 31.9 Å². The van der Waals surface area contributed by atoms with E-state index in [4.69, 9.17) is 4.74 Å². The fraction of sp³-hybridized carbons (Fsp3) is 0.529. The van der Waals surface area contributed by atoms with Crippen LogP contribution < -0.4 is 10.6 Å². The van der Waals surface area contributed by atoms with Crippen LogP contribution in [0.5, 0.6) is 0 Å². The maximum absolute atomic E-state index is 5.33.